The van der Waals surface area contributed by atoms with E-state index in [-0.39, 0.29) is 25.2 Å². The first-order valence-corrected chi connectivity index (χ1v) is 4.76. The average Bonchev–Trinajstić information content (AvgIpc) is 2.32. The Kier molecular flexibility index (Phi) is 8.46. The van der Waals surface area contributed by atoms with Crippen molar-refractivity contribution in [3.8, 4) is 0 Å². The van der Waals surface area contributed by atoms with Gasteiger partial charge in [-0.2, -0.15) is 55.0 Å². The molecule has 1 N–H and O–H groups in total. The van der Waals surface area contributed by atoms with Crippen LogP contribution in [0.25, 0.3) is 0 Å². The first-order chi connectivity index (χ1) is 7.33. The Labute approximate surface area is 109 Å². The van der Waals surface area contributed by atoms with E-state index in [1.54, 1.807) is 6.07 Å². The van der Waals surface area contributed by atoms with Crippen LogP contribution in [0.4, 0.5) is 0 Å². The van der Waals surface area contributed by atoms with Crippen molar-refractivity contribution in [2.24, 2.45) is 0 Å². The van der Waals surface area contributed by atoms with Gasteiger partial charge in [0.05, 0.1) is 0 Å². The van der Waals surface area contributed by atoms with Gasteiger partial charge in [-0.1, -0.05) is 6.07 Å². The molecule has 0 bridgehead atoms. The molecule has 0 atom stereocenters. The Bertz CT molecular complexity index is 359. The Morgan fingerprint density at radius 3 is 1.94 bits per heavy atom. The average molecular weight is 249 g/mol. The minimum Gasteiger partial charge on any atom is -0.394 e. The molecule has 0 aliphatic carbocycles. The van der Waals surface area contributed by atoms with Crippen LogP contribution < -0.4 is 0 Å². The van der Waals surface area contributed by atoms with Gasteiger partial charge in [-0.3, -0.25) is 0 Å². The van der Waals surface area contributed by atoms with Gasteiger partial charge in [-0.15, -0.1) is 17.7 Å². The fourth-order valence-corrected chi connectivity index (χ4v) is 1.01. The van der Waals surface area contributed by atoms with Crippen LogP contribution in [0.2, 0.25) is 0 Å². The molecule has 2 heteroatoms. The summed E-state index contributed by atoms with van der Waals surface area (Å²) in [5.41, 5.74) is 1.91. The normalized spacial score (nSPS) is 8.31. The fraction of sp³-hybridized carbons (Fsp3) is 0.0714. The Morgan fingerprint density at radius 2 is 1.62 bits per heavy atom. The third kappa shape index (κ3) is 6.36. The largest absolute Gasteiger partial charge is 2.00 e. The van der Waals surface area contributed by atoms with E-state index < -0.39 is 0 Å². The number of benzene rings is 2. The maximum Gasteiger partial charge on any atom is 2.00 e. The van der Waals surface area contributed by atoms with Crippen molar-refractivity contribution in [1.82, 2.24) is 0 Å². The molecule has 1 nitrogen and oxygen atoms in total. The molecule has 1 radical (unpaired) electrons. The summed E-state index contributed by atoms with van der Waals surface area (Å²) in [6.07, 6.45) is 0. The summed E-state index contributed by atoms with van der Waals surface area (Å²) in [5.74, 6) is 0. The van der Waals surface area contributed by atoms with E-state index in [1.165, 1.54) is 0 Å². The molecule has 2 rings (SSSR count). The van der Waals surface area contributed by atoms with Gasteiger partial charge in [-0.25, -0.2) is 0 Å². The van der Waals surface area contributed by atoms with E-state index in [2.05, 4.69) is 13.0 Å². The topological polar surface area (TPSA) is 20.2 Å². The van der Waals surface area contributed by atoms with Gasteiger partial charge < -0.3 is 5.11 Å². The predicted molar refractivity (Wildman–Crippen MR) is 62.1 cm³/mol. The molecule has 0 heterocycles. The molecule has 0 spiro atoms. The summed E-state index contributed by atoms with van der Waals surface area (Å²) >= 11 is 0. The fourth-order valence-electron chi connectivity index (χ4n) is 1.01. The molecule has 0 aliphatic heterocycles. The first kappa shape index (κ1) is 14.9. The SMILES string of the molecule is OCc1[c-]cccc1.[CH2-]c1ccccc1.[V+2]. The molecule has 0 unspecified atom stereocenters. The second-order valence-corrected chi connectivity index (χ2v) is 3.03. The molecule has 81 valence electrons. The predicted octanol–water partition coefficient (Wildman–Crippen LogP) is 2.85. The van der Waals surface area contributed by atoms with Crippen molar-refractivity contribution in [2.45, 2.75) is 6.61 Å². The van der Waals surface area contributed by atoms with Crippen LogP contribution in [0.3, 0.4) is 0 Å². The van der Waals surface area contributed by atoms with Crippen LogP contribution in [-0.4, -0.2) is 5.11 Å². The van der Waals surface area contributed by atoms with Crippen molar-refractivity contribution < 1.29 is 23.7 Å². The van der Waals surface area contributed by atoms with Crippen molar-refractivity contribution in [2.75, 3.05) is 0 Å². The van der Waals surface area contributed by atoms with Crippen molar-refractivity contribution in [3.63, 3.8) is 0 Å². The smallest absolute Gasteiger partial charge is 0.394 e. The third-order valence-corrected chi connectivity index (χ3v) is 1.79. The Balaban J connectivity index is 0.000000267. The number of aliphatic hydroxyl groups excluding tert-OH is 1. The van der Waals surface area contributed by atoms with Gasteiger partial charge in [0.15, 0.2) is 0 Å². The van der Waals surface area contributed by atoms with Crippen LogP contribution in [0.1, 0.15) is 11.1 Å². The van der Waals surface area contributed by atoms with Crippen LogP contribution >= 0.6 is 0 Å². The molecule has 0 aromatic heterocycles. The van der Waals surface area contributed by atoms with Gasteiger partial charge >= 0.3 is 18.6 Å². The van der Waals surface area contributed by atoms with Gasteiger partial charge in [0.25, 0.3) is 0 Å². The van der Waals surface area contributed by atoms with Crippen LogP contribution in [0.5, 0.6) is 0 Å². The summed E-state index contributed by atoms with van der Waals surface area (Å²) in [6, 6.07) is 20.1. The summed E-state index contributed by atoms with van der Waals surface area (Å²) in [4.78, 5) is 0. The standard InChI is InChI=1S/C7H7O.C7H7.V/c8-6-7-4-2-1-3-5-7;1-7-5-3-2-4-6-7;/h1-4,8H,6H2;2-6H,1H2;/q2*-1;+2. The third-order valence-electron chi connectivity index (χ3n) is 1.79. The molecule has 0 amide bonds. The molecule has 0 saturated heterocycles. The monoisotopic (exact) mass is 249 g/mol. The zero-order chi connectivity index (χ0) is 10.9. The van der Waals surface area contributed by atoms with E-state index in [4.69, 9.17) is 5.11 Å². The summed E-state index contributed by atoms with van der Waals surface area (Å²) < 4.78 is 0. The van der Waals surface area contributed by atoms with E-state index in [9.17, 15) is 0 Å². The van der Waals surface area contributed by atoms with Crippen molar-refractivity contribution >= 4 is 0 Å². The van der Waals surface area contributed by atoms with E-state index in [1.807, 2.05) is 48.5 Å². The van der Waals surface area contributed by atoms with Gasteiger partial charge in [-0.05, 0) is 0 Å². The van der Waals surface area contributed by atoms with Crippen LogP contribution in [0.15, 0.2) is 54.6 Å². The van der Waals surface area contributed by atoms with Crippen LogP contribution in [-0.2, 0) is 25.2 Å². The number of rotatable bonds is 1. The van der Waals surface area contributed by atoms with E-state index in [0.717, 1.165) is 11.1 Å². The molecule has 0 saturated carbocycles. The van der Waals surface area contributed by atoms with Crippen LogP contribution in [0, 0.1) is 13.0 Å². The molecule has 16 heavy (non-hydrogen) atoms. The first-order valence-electron chi connectivity index (χ1n) is 4.76. The van der Waals surface area contributed by atoms with Gasteiger partial charge in [0, 0.05) is 6.61 Å². The zero-order valence-corrected chi connectivity index (χ0v) is 10.4. The number of hydrogen-bond donors (Lipinski definition) is 1. The molecular weight excluding hydrogens is 235 g/mol. The Morgan fingerprint density at radius 1 is 1.00 bits per heavy atom. The van der Waals surface area contributed by atoms with Crippen molar-refractivity contribution in [3.05, 3.63) is 78.7 Å². The molecule has 0 aliphatic rings. The number of aliphatic hydroxyl groups is 1. The minimum atomic E-state index is 0. The Hall–Kier alpha value is -1.15. The summed E-state index contributed by atoms with van der Waals surface area (Å²) in [5, 5.41) is 8.51. The minimum absolute atomic E-state index is 0. The second kappa shape index (κ2) is 9.11. The van der Waals surface area contributed by atoms with Gasteiger partial charge in [0.1, 0.15) is 0 Å². The summed E-state index contributed by atoms with van der Waals surface area (Å²) in [6.45, 7) is 3.80. The number of hydrogen-bond acceptors (Lipinski definition) is 1. The maximum atomic E-state index is 8.51. The zero-order valence-electron chi connectivity index (χ0n) is 9.00. The molecule has 0 fully saturated rings. The molecule has 2 aromatic rings. The van der Waals surface area contributed by atoms with Gasteiger partial charge in [0.2, 0.25) is 0 Å². The summed E-state index contributed by atoms with van der Waals surface area (Å²) in [7, 11) is 0. The maximum absolute atomic E-state index is 8.51. The van der Waals surface area contributed by atoms with E-state index in [0.29, 0.717) is 0 Å². The second-order valence-electron chi connectivity index (χ2n) is 3.03. The quantitative estimate of drug-likeness (QED) is 0.770. The molecular formula is C14H14OV. The molecule has 2 aromatic carbocycles. The van der Waals surface area contributed by atoms with Crippen molar-refractivity contribution in [1.29, 1.82) is 0 Å². The van der Waals surface area contributed by atoms with E-state index >= 15 is 0 Å².